The van der Waals surface area contributed by atoms with Crippen LogP contribution in [-0.2, 0) is 4.79 Å². The summed E-state index contributed by atoms with van der Waals surface area (Å²) >= 11 is 0. The maximum atomic E-state index is 11.2. The number of carboxylic acids is 1. The number of phenols is 1. The number of carboxylic acid groups (broad SMARTS) is 1. The average Bonchev–Trinajstić information content (AvgIpc) is 2.37. The van der Waals surface area contributed by atoms with Gasteiger partial charge in [0.25, 0.3) is 0 Å². The molecule has 2 atom stereocenters. The van der Waals surface area contributed by atoms with Gasteiger partial charge in [-0.1, -0.05) is 12.1 Å². The Balaban J connectivity index is 2.17. The standard InChI is InChI=1S/C16H18O4/c1-16(2)11-7-6-9(15(18)19)8-10(11)14-12(17)4-3-5-13(14)20-16/h3-5,8,10-11,17H,6-7H2,1-2H3,(H,18,19)/t10-,11-/m0/s1. The smallest absolute Gasteiger partial charge is 0.331 e. The Morgan fingerprint density at radius 3 is 2.85 bits per heavy atom. The van der Waals surface area contributed by atoms with Gasteiger partial charge in [0.05, 0.1) is 0 Å². The monoisotopic (exact) mass is 274 g/mol. The highest BCUT2D eigenvalue weighted by molar-refractivity contribution is 5.87. The number of aromatic hydroxyl groups is 1. The highest BCUT2D eigenvalue weighted by Crippen LogP contribution is 2.52. The lowest BCUT2D eigenvalue weighted by molar-refractivity contribution is -0.133. The predicted octanol–water partition coefficient (Wildman–Crippen LogP) is 3.07. The van der Waals surface area contributed by atoms with E-state index < -0.39 is 5.97 Å². The second kappa shape index (κ2) is 4.27. The minimum atomic E-state index is -0.871. The van der Waals surface area contributed by atoms with E-state index in [1.54, 1.807) is 18.2 Å². The molecule has 4 nitrogen and oxygen atoms in total. The van der Waals surface area contributed by atoms with Gasteiger partial charge in [0.1, 0.15) is 17.1 Å². The van der Waals surface area contributed by atoms with Crippen molar-refractivity contribution in [1.82, 2.24) is 0 Å². The second-order valence-electron chi connectivity index (χ2n) is 6.06. The Kier molecular flexibility index (Phi) is 2.78. The summed E-state index contributed by atoms with van der Waals surface area (Å²) in [5.41, 5.74) is 0.778. The van der Waals surface area contributed by atoms with Gasteiger partial charge in [0.2, 0.25) is 0 Å². The normalized spacial score (nSPS) is 26.8. The Labute approximate surface area is 117 Å². The molecule has 0 saturated carbocycles. The molecule has 0 radical (unpaired) electrons. The molecular weight excluding hydrogens is 256 g/mol. The van der Waals surface area contributed by atoms with Crippen molar-refractivity contribution in [3.8, 4) is 11.5 Å². The van der Waals surface area contributed by atoms with Crippen LogP contribution in [0.15, 0.2) is 29.8 Å². The SMILES string of the molecule is CC1(C)Oc2cccc(O)c2[C@H]2C=C(C(=O)O)CC[C@@H]21. The predicted molar refractivity (Wildman–Crippen MR) is 74.0 cm³/mol. The molecule has 0 unspecified atom stereocenters. The number of carbonyl (C=O) groups is 1. The van der Waals surface area contributed by atoms with E-state index >= 15 is 0 Å². The van der Waals surface area contributed by atoms with Crippen molar-refractivity contribution < 1.29 is 19.7 Å². The topological polar surface area (TPSA) is 66.8 Å². The fourth-order valence-corrected chi connectivity index (χ4v) is 3.47. The summed E-state index contributed by atoms with van der Waals surface area (Å²) in [4.78, 5) is 11.2. The molecule has 0 fully saturated rings. The number of fused-ring (bicyclic) bond motifs is 3. The molecule has 1 heterocycles. The van der Waals surface area contributed by atoms with Crippen LogP contribution in [0.1, 0.15) is 38.2 Å². The second-order valence-corrected chi connectivity index (χ2v) is 6.06. The summed E-state index contributed by atoms with van der Waals surface area (Å²) in [6.45, 7) is 4.05. The third-order valence-corrected chi connectivity index (χ3v) is 4.46. The van der Waals surface area contributed by atoms with E-state index in [0.717, 1.165) is 12.0 Å². The van der Waals surface area contributed by atoms with Gasteiger partial charge >= 0.3 is 5.97 Å². The summed E-state index contributed by atoms with van der Waals surface area (Å²) in [6, 6.07) is 5.20. The third kappa shape index (κ3) is 1.87. The molecule has 3 rings (SSSR count). The van der Waals surface area contributed by atoms with E-state index in [4.69, 9.17) is 4.74 Å². The number of ether oxygens (including phenoxy) is 1. The van der Waals surface area contributed by atoms with Gasteiger partial charge in [-0.05, 0) is 38.8 Å². The van der Waals surface area contributed by atoms with Gasteiger partial charge in [-0.3, -0.25) is 0 Å². The molecule has 0 saturated heterocycles. The summed E-state index contributed by atoms with van der Waals surface area (Å²) in [5.74, 6) is 0.0287. The molecule has 0 aromatic heterocycles. The highest BCUT2D eigenvalue weighted by atomic mass is 16.5. The summed E-state index contributed by atoms with van der Waals surface area (Å²) < 4.78 is 6.03. The molecule has 1 aromatic carbocycles. The van der Waals surface area contributed by atoms with Crippen LogP contribution < -0.4 is 4.74 Å². The maximum Gasteiger partial charge on any atom is 0.331 e. The number of rotatable bonds is 1. The van der Waals surface area contributed by atoms with E-state index in [0.29, 0.717) is 17.7 Å². The molecule has 0 amide bonds. The lowest BCUT2D eigenvalue weighted by atomic mass is 9.68. The number of allylic oxidation sites excluding steroid dienone is 1. The van der Waals surface area contributed by atoms with Crippen LogP contribution in [0.2, 0.25) is 0 Å². The molecule has 4 heteroatoms. The number of hydrogen-bond donors (Lipinski definition) is 2. The molecule has 2 aliphatic rings. The molecule has 20 heavy (non-hydrogen) atoms. The lowest BCUT2D eigenvalue weighted by Gasteiger charge is -2.46. The van der Waals surface area contributed by atoms with E-state index in [2.05, 4.69) is 0 Å². The van der Waals surface area contributed by atoms with Crippen LogP contribution in [0.3, 0.4) is 0 Å². The van der Waals surface area contributed by atoms with Crippen LogP contribution in [-0.4, -0.2) is 21.8 Å². The van der Waals surface area contributed by atoms with Gasteiger partial charge in [0.15, 0.2) is 0 Å². The molecule has 1 aliphatic heterocycles. The first-order valence-electron chi connectivity index (χ1n) is 6.85. The minimum absolute atomic E-state index is 0.102. The van der Waals surface area contributed by atoms with Gasteiger partial charge in [-0.15, -0.1) is 0 Å². The number of hydrogen-bond acceptors (Lipinski definition) is 3. The number of aliphatic carboxylic acids is 1. The third-order valence-electron chi connectivity index (χ3n) is 4.46. The van der Waals surface area contributed by atoms with Crippen LogP contribution in [0, 0.1) is 5.92 Å². The highest BCUT2D eigenvalue weighted by Gasteiger charge is 2.45. The molecule has 2 N–H and O–H groups in total. The van der Waals surface area contributed by atoms with Crippen molar-refractivity contribution in [3.63, 3.8) is 0 Å². The van der Waals surface area contributed by atoms with Gasteiger partial charge in [0, 0.05) is 23.0 Å². The first kappa shape index (κ1) is 13.0. The van der Waals surface area contributed by atoms with Crippen molar-refractivity contribution in [1.29, 1.82) is 0 Å². The Morgan fingerprint density at radius 1 is 1.40 bits per heavy atom. The van der Waals surface area contributed by atoms with Gasteiger partial charge in [-0.2, -0.15) is 0 Å². The minimum Gasteiger partial charge on any atom is -0.508 e. The van der Waals surface area contributed by atoms with Crippen LogP contribution in [0.25, 0.3) is 0 Å². The average molecular weight is 274 g/mol. The van der Waals surface area contributed by atoms with E-state index in [1.165, 1.54) is 0 Å². The largest absolute Gasteiger partial charge is 0.508 e. The fourth-order valence-electron chi connectivity index (χ4n) is 3.47. The first-order valence-corrected chi connectivity index (χ1v) is 6.85. The Hall–Kier alpha value is -1.97. The van der Waals surface area contributed by atoms with Gasteiger partial charge in [-0.25, -0.2) is 4.79 Å². The fraction of sp³-hybridized carbons (Fsp3) is 0.438. The van der Waals surface area contributed by atoms with Crippen molar-refractivity contribution in [3.05, 3.63) is 35.4 Å². The zero-order valence-corrected chi connectivity index (χ0v) is 11.6. The Morgan fingerprint density at radius 2 is 2.15 bits per heavy atom. The Bertz CT molecular complexity index is 600. The van der Waals surface area contributed by atoms with Crippen molar-refractivity contribution in [2.24, 2.45) is 5.92 Å². The van der Waals surface area contributed by atoms with Crippen molar-refractivity contribution >= 4 is 5.97 Å². The zero-order valence-electron chi connectivity index (χ0n) is 11.6. The van der Waals surface area contributed by atoms with E-state index in [1.807, 2.05) is 19.9 Å². The van der Waals surface area contributed by atoms with Gasteiger partial charge < -0.3 is 14.9 Å². The molecule has 106 valence electrons. The van der Waals surface area contributed by atoms with Crippen LogP contribution in [0.5, 0.6) is 11.5 Å². The molecule has 0 bridgehead atoms. The quantitative estimate of drug-likeness (QED) is 0.826. The number of phenolic OH excluding ortho intramolecular Hbond substituents is 1. The van der Waals surface area contributed by atoms with E-state index in [9.17, 15) is 15.0 Å². The van der Waals surface area contributed by atoms with Crippen LogP contribution >= 0.6 is 0 Å². The molecule has 1 aliphatic carbocycles. The molecule has 0 spiro atoms. The zero-order chi connectivity index (χ0) is 14.5. The van der Waals surface area contributed by atoms with E-state index in [-0.39, 0.29) is 23.2 Å². The lowest BCUT2D eigenvalue weighted by Crippen LogP contribution is -2.45. The van der Waals surface area contributed by atoms with Crippen LogP contribution in [0.4, 0.5) is 0 Å². The summed E-state index contributed by atoms with van der Waals surface area (Å²) in [6.07, 6.45) is 3.09. The van der Waals surface area contributed by atoms with Crippen molar-refractivity contribution in [2.45, 2.75) is 38.2 Å². The molecule has 1 aromatic rings. The summed E-state index contributed by atoms with van der Waals surface area (Å²) in [5, 5.41) is 19.3. The van der Waals surface area contributed by atoms with Crippen molar-refractivity contribution in [2.75, 3.05) is 0 Å². The maximum absolute atomic E-state index is 11.2. The number of benzene rings is 1. The molecular formula is C16H18O4. The summed E-state index contributed by atoms with van der Waals surface area (Å²) in [7, 11) is 0. The first-order chi connectivity index (χ1) is 9.40.